The maximum absolute atomic E-state index is 5.27. The lowest BCUT2D eigenvalue weighted by molar-refractivity contribution is 0.413. The van der Waals surface area contributed by atoms with Crippen LogP contribution in [-0.4, -0.2) is 11.7 Å². The molecule has 1 atom stereocenters. The van der Waals surface area contributed by atoms with E-state index in [1.165, 1.54) is 11.3 Å². The minimum absolute atomic E-state index is 0.301. The van der Waals surface area contributed by atoms with Gasteiger partial charge in [-0.1, -0.05) is 19.1 Å². The molecular formula is C17H24N2O. The zero-order valence-corrected chi connectivity index (χ0v) is 12.6. The van der Waals surface area contributed by atoms with Crippen LogP contribution in [0.2, 0.25) is 0 Å². The van der Waals surface area contributed by atoms with E-state index in [2.05, 4.69) is 54.2 Å². The van der Waals surface area contributed by atoms with Crippen LogP contribution >= 0.6 is 0 Å². The summed E-state index contributed by atoms with van der Waals surface area (Å²) in [5, 5.41) is 3.58. The molecule has 20 heavy (non-hydrogen) atoms. The van der Waals surface area contributed by atoms with Gasteiger partial charge in [0.25, 0.3) is 0 Å². The second-order valence-electron chi connectivity index (χ2n) is 5.07. The van der Waals surface area contributed by atoms with Crippen molar-refractivity contribution in [3.63, 3.8) is 0 Å². The molecule has 0 radical (unpaired) electrons. The van der Waals surface area contributed by atoms with Crippen molar-refractivity contribution in [2.45, 2.75) is 39.4 Å². The SMILES string of the molecule is CCCn1cccc1CN[C@@H](C)c1cccc(OC)c1. The average Bonchev–Trinajstić information content (AvgIpc) is 2.92. The normalized spacial score (nSPS) is 12.3. The molecule has 0 unspecified atom stereocenters. The highest BCUT2D eigenvalue weighted by Gasteiger charge is 2.07. The van der Waals surface area contributed by atoms with Crippen LogP contribution in [0.5, 0.6) is 5.75 Å². The van der Waals surface area contributed by atoms with E-state index in [9.17, 15) is 0 Å². The number of hydrogen-bond acceptors (Lipinski definition) is 2. The summed E-state index contributed by atoms with van der Waals surface area (Å²) in [6.45, 7) is 6.35. The zero-order valence-electron chi connectivity index (χ0n) is 12.6. The van der Waals surface area contributed by atoms with Crippen molar-refractivity contribution in [2.24, 2.45) is 0 Å². The number of aromatic nitrogens is 1. The van der Waals surface area contributed by atoms with Gasteiger partial charge in [-0.2, -0.15) is 0 Å². The number of ether oxygens (including phenoxy) is 1. The number of aryl methyl sites for hydroxylation is 1. The lowest BCUT2D eigenvalue weighted by atomic mass is 10.1. The van der Waals surface area contributed by atoms with E-state index in [1.807, 2.05) is 12.1 Å². The van der Waals surface area contributed by atoms with E-state index in [4.69, 9.17) is 4.74 Å². The third-order valence-electron chi connectivity index (χ3n) is 3.57. The van der Waals surface area contributed by atoms with Gasteiger partial charge in [0.15, 0.2) is 0 Å². The van der Waals surface area contributed by atoms with Crippen molar-refractivity contribution in [2.75, 3.05) is 7.11 Å². The van der Waals surface area contributed by atoms with E-state index < -0.39 is 0 Å². The number of rotatable bonds is 7. The summed E-state index contributed by atoms with van der Waals surface area (Å²) in [7, 11) is 1.70. The summed E-state index contributed by atoms with van der Waals surface area (Å²) in [4.78, 5) is 0. The molecule has 2 rings (SSSR count). The number of nitrogens with zero attached hydrogens (tertiary/aromatic N) is 1. The molecule has 0 aliphatic heterocycles. The average molecular weight is 272 g/mol. The molecule has 0 saturated heterocycles. The Balaban J connectivity index is 1.97. The quantitative estimate of drug-likeness (QED) is 0.830. The Morgan fingerprint density at radius 1 is 1.25 bits per heavy atom. The fourth-order valence-electron chi connectivity index (χ4n) is 2.36. The Hall–Kier alpha value is -1.74. The molecule has 0 aliphatic carbocycles. The van der Waals surface area contributed by atoms with Gasteiger partial charge in [-0.05, 0) is 43.2 Å². The lowest BCUT2D eigenvalue weighted by Crippen LogP contribution is -2.20. The van der Waals surface area contributed by atoms with Crippen LogP contribution in [0, 0.1) is 0 Å². The minimum Gasteiger partial charge on any atom is -0.497 e. The van der Waals surface area contributed by atoms with Crippen molar-refractivity contribution >= 4 is 0 Å². The standard InChI is InChI=1S/C17H24N2O/c1-4-10-19-11-6-8-16(19)13-18-14(2)15-7-5-9-17(12-15)20-3/h5-9,11-12,14,18H,4,10,13H2,1-3H3/t14-/m0/s1. The predicted molar refractivity (Wildman–Crippen MR) is 83.0 cm³/mol. The monoisotopic (exact) mass is 272 g/mol. The van der Waals surface area contributed by atoms with Gasteiger partial charge in [-0.25, -0.2) is 0 Å². The first-order valence-electron chi connectivity index (χ1n) is 7.26. The van der Waals surface area contributed by atoms with Crippen LogP contribution in [-0.2, 0) is 13.1 Å². The van der Waals surface area contributed by atoms with Gasteiger partial charge in [0.05, 0.1) is 7.11 Å². The molecule has 3 heteroatoms. The molecule has 1 heterocycles. The zero-order chi connectivity index (χ0) is 14.4. The van der Waals surface area contributed by atoms with Crippen molar-refractivity contribution in [1.82, 2.24) is 9.88 Å². The van der Waals surface area contributed by atoms with E-state index in [0.717, 1.165) is 25.3 Å². The van der Waals surface area contributed by atoms with E-state index >= 15 is 0 Å². The Morgan fingerprint density at radius 2 is 2.10 bits per heavy atom. The molecule has 3 nitrogen and oxygen atoms in total. The third kappa shape index (κ3) is 3.64. The Bertz CT molecular complexity index is 533. The first kappa shape index (κ1) is 14.7. The number of benzene rings is 1. The largest absolute Gasteiger partial charge is 0.497 e. The maximum atomic E-state index is 5.27. The number of methoxy groups -OCH3 is 1. The van der Waals surface area contributed by atoms with Crippen molar-refractivity contribution in [3.05, 3.63) is 53.9 Å². The summed E-state index contributed by atoms with van der Waals surface area (Å²) < 4.78 is 7.59. The van der Waals surface area contributed by atoms with Crippen LogP contribution in [0.25, 0.3) is 0 Å². The molecule has 0 fully saturated rings. The van der Waals surface area contributed by atoms with Crippen LogP contribution in [0.3, 0.4) is 0 Å². The number of nitrogens with one attached hydrogen (secondary N) is 1. The molecule has 1 aromatic carbocycles. The van der Waals surface area contributed by atoms with E-state index in [0.29, 0.717) is 6.04 Å². The predicted octanol–water partition coefficient (Wildman–Crippen LogP) is 3.76. The van der Waals surface area contributed by atoms with Gasteiger partial charge in [0, 0.05) is 31.0 Å². The van der Waals surface area contributed by atoms with Gasteiger partial charge in [0.2, 0.25) is 0 Å². The van der Waals surface area contributed by atoms with Crippen LogP contribution in [0.4, 0.5) is 0 Å². The Kier molecular flexibility index (Phi) is 5.24. The summed E-state index contributed by atoms with van der Waals surface area (Å²) in [6.07, 6.45) is 3.31. The number of hydrogen-bond donors (Lipinski definition) is 1. The first-order valence-corrected chi connectivity index (χ1v) is 7.26. The molecule has 1 N–H and O–H groups in total. The van der Waals surface area contributed by atoms with Gasteiger partial charge in [0.1, 0.15) is 5.75 Å². The fraction of sp³-hybridized carbons (Fsp3) is 0.412. The van der Waals surface area contributed by atoms with Crippen LogP contribution < -0.4 is 10.1 Å². The summed E-state index contributed by atoms with van der Waals surface area (Å²) in [6, 6.07) is 12.8. The lowest BCUT2D eigenvalue weighted by Gasteiger charge is -2.16. The van der Waals surface area contributed by atoms with Crippen molar-refractivity contribution < 1.29 is 4.74 Å². The third-order valence-corrected chi connectivity index (χ3v) is 3.57. The smallest absolute Gasteiger partial charge is 0.119 e. The van der Waals surface area contributed by atoms with Gasteiger partial charge >= 0.3 is 0 Å². The van der Waals surface area contributed by atoms with E-state index in [1.54, 1.807) is 7.11 Å². The highest BCUT2D eigenvalue weighted by atomic mass is 16.5. The second kappa shape index (κ2) is 7.15. The van der Waals surface area contributed by atoms with Gasteiger partial charge < -0.3 is 14.6 Å². The molecule has 108 valence electrons. The fourth-order valence-corrected chi connectivity index (χ4v) is 2.36. The van der Waals surface area contributed by atoms with Crippen molar-refractivity contribution in [3.8, 4) is 5.75 Å². The summed E-state index contributed by atoms with van der Waals surface area (Å²) in [5.41, 5.74) is 2.58. The topological polar surface area (TPSA) is 26.2 Å². The van der Waals surface area contributed by atoms with Crippen molar-refractivity contribution in [1.29, 1.82) is 0 Å². The molecule has 0 amide bonds. The Labute approximate surface area is 121 Å². The van der Waals surface area contributed by atoms with Gasteiger partial charge in [-0.3, -0.25) is 0 Å². The van der Waals surface area contributed by atoms with Crippen LogP contribution in [0.15, 0.2) is 42.6 Å². The molecule has 0 bridgehead atoms. The second-order valence-corrected chi connectivity index (χ2v) is 5.07. The Morgan fingerprint density at radius 3 is 2.85 bits per heavy atom. The molecular weight excluding hydrogens is 248 g/mol. The summed E-state index contributed by atoms with van der Waals surface area (Å²) >= 11 is 0. The van der Waals surface area contributed by atoms with Gasteiger partial charge in [-0.15, -0.1) is 0 Å². The minimum atomic E-state index is 0.301. The van der Waals surface area contributed by atoms with E-state index in [-0.39, 0.29) is 0 Å². The molecule has 0 aliphatic rings. The molecule has 0 saturated carbocycles. The van der Waals surface area contributed by atoms with Crippen LogP contribution in [0.1, 0.15) is 37.6 Å². The molecule has 1 aromatic heterocycles. The summed E-state index contributed by atoms with van der Waals surface area (Å²) in [5.74, 6) is 0.908. The highest BCUT2D eigenvalue weighted by Crippen LogP contribution is 2.19. The molecule has 2 aromatic rings. The molecule has 0 spiro atoms. The maximum Gasteiger partial charge on any atom is 0.119 e. The first-order chi connectivity index (χ1) is 9.74. The highest BCUT2D eigenvalue weighted by molar-refractivity contribution is 5.30.